The molecule has 34 heavy (non-hydrogen) atoms. The van der Waals surface area contributed by atoms with Crippen LogP contribution in [0.25, 0.3) is 11.1 Å². The van der Waals surface area contributed by atoms with Gasteiger partial charge in [-0.05, 0) is 101 Å². The first-order chi connectivity index (χ1) is 16.5. The normalized spacial score (nSPS) is 32.3. The van der Waals surface area contributed by atoms with Crippen LogP contribution < -0.4 is 0 Å². The SMILES string of the molecule is O=C(O)c1ccc(C(=O)O)c(C23CC(CC2=C2C=CCC4=C2c2ccccc24)C2CCCC23)c1. The van der Waals surface area contributed by atoms with E-state index < -0.39 is 17.4 Å². The van der Waals surface area contributed by atoms with E-state index in [9.17, 15) is 19.8 Å². The minimum atomic E-state index is -1.00. The van der Waals surface area contributed by atoms with Crippen LogP contribution in [-0.2, 0) is 5.41 Å². The van der Waals surface area contributed by atoms with Gasteiger partial charge in [0.15, 0.2) is 0 Å². The highest BCUT2D eigenvalue weighted by Gasteiger charge is 2.63. The highest BCUT2D eigenvalue weighted by atomic mass is 16.4. The number of rotatable bonds is 3. The van der Waals surface area contributed by atoms with Crippen molar-refractivity contribution < 1.29 is 19.8 Å². The fourth-order valence-electron chi connectivity index (χ4n) is 8.30. The first-order valence-corrected chi connectivity index (χ1v) is 12.4. The lowest BCUT2D eigenvalue weighted by molar-refractivity contribution is 0.0678. The van der Waals surface area contributed by atoms with Gasteiger partial charge >= 0.3 is 11.9 Å². The number of carbonyl (C=O) groups is 2. The van der Waals surface area contributed by atoms with E-state index in [2.05, 4.69) is 36.4 Å². The Kier molecular flexibility index (Phi) is 4.01. The van der Waals surface area contributed by atoms with E-state index in [1.165, 1.54) is 58.4 Å². The molecule has 0 aliphatic heterocycles. The average Bonchev–Trinajstić information content (AvgIpc) is 3.54. The highest BCUT2D eigenvalue weighted by Crippen LogP contribution is 2.70. The van der Waals surface area contributed by atoms with Crippen LogP contribution in [0.15, 0.2) is 65.8 Å². The van der Waals surface area contributed by atoms with Crippen LogP contribution >= 0.6 is 0 Å². The number of hydrogen-bond donors (Lipinski definition) is 2. The van der Waals surface area contributed by atoms with E-state index in [0.717, 1.165) is 31.2 Å². The topological polar surface area (TPSA) is 74.6 Å². The van der Waals surface area contributed by atoms with E-state index in [1.807, 2.05) is 0 Å². The zero-order valence-electron chi connectivity index (χ0n) is 18.9. The molecule has 3 saturated carbocycles. The highest BCUT2D eigenvalue weighted by molar-refractivity contribution is 6.12. The predicted molar refractivity (Wildman–Crippen MR) is 130 cm³/mol. The molecular weight excluding hydrogens is 424 g/mol. The Morgan fingerprint density at radius 1 is 0.971 bits per heavy atom. The molecule has 5 aliphatic rings. The summed E-state index contributed by atoms with van der Waals surface area (Å²) in [4.78, 5) is 24.3. The van der Waals surface area contributed by atoms with Crippen molar-refractivity contribution in [3.63, 3.8) is 0 Å². The van der Waals surface area contributed by atoms with E-state index in [-0.39, 0.29) is 11.1 Å². The van der Waals surface area contributed by atoms with Crippen LogP contribution in [0.3, 0.4) is 0 Å². The predicted octanol–water partition coefficient (Wildman–Crippen LogP) is 6.34. The maximum absolute atomic E-state index is 12.4. The molecule has 0 spiro atoms. The second-order valence-electron chi connectivity index (χ2n) is 10.6. The largest absolute Gasteiger partial charge is 0.478 e. The third-order valence-electron chi connectivity index (χ3n) is 9.40. The lowest BCUT2D eigenvalue weighted by Crippen LogP contribution is -2.37. The Balaban J connectivity index is 1.51. The van der Waals surface area contributed by atoms with Crippen molar-refractivity contribution in [2.24, 2.45) is 17.8 Å². The van der Waals surface area contributed by atoms with E-state index in [4.69, 9.17) is 0 Å². The summed E-state index contributed by atoms with van der Waals surface area (Å²) in [5.74, 6) is -0.446. The number of benzene rings is 2. The van der Waals surface area contributed by atoms with Crippen LogP contribution in [0.4, 0.5) is 0 Å². The van der Waals surface area contributed by atoms with E-state index in [1.54, 1.807) is 6.07 Å². The molecule has 4 unspecified atom stereocenters. The van der Waals surface area contributed by atoms with Crippen molar-refractivity contribution in [2.45, 2.75) is 43.9 Å². The summed E-state index contributed by atoms with van der Waals surface area (Å²) in [6.07, 6.45) is 10.8. The molecule has 2 aromatic rings. The second kappa shape index (κ2) is 6.82. The molecular formula is C30H26O4. The molecule has 4 atom stereocenters. The molecule has 4 heteroatoms. The fraction of sp³-hybridized carbons (Fsp3) is 0.333. The first-order valence-electron chi connectivity index (χ1n) is 12.4. The van der Waals surface area contributed by atoms with Gasteiger partial charge in [-0.2, -0.15) is 0 Å². The molecule has 0 amide bonds. The van der Waals surface area contributed by atoms with Gasteiger partial charge < -0.3 is 10.2 Å². The number of carboxylic acids is 2. The number of carboxylic acid groups (broad SMARTS) is 2. The number of fused-ring (bicyclic) bond motifs is 8. The minimum Gasteiger partial charge on any atom is -0.478 e. The zero-order chi connectivity index (χ0) is 23.2. The van der Waals surface area contributed by atoms with E-state index in [0.29, 0.717) is 17.8 Å². The van der Waals surface area contributed by atoms with Crippen molar-refractivity contribution in [2.75, 3.05) is 0 Å². The van der Waals surface area contributed by atoms with Crippen LogP contribution in [0.5, 0.6) is 0 Å². The molecule has 5 aliphatic carbocycles. The Morgan fingerprint density at radius 3 is 2.59 bits per heavy atom. The van der Waals surface area contributed by atoms with Gasteiger partial charge in [0.2, 0.25) is 0 Å². The Hall–Kier alpha value is -3.40. The molecule has 7 rings (SSSR count). The lowest BCUT2D eigenvalue weighted by Gasteiger charge is -2.43. The first kappa shape index (κ1) is 20.0. The van der Waals surface area contributed by atoms with Crippen molar-refractivity contribution >= 4 is 23.1 Å². The lowest BCUT2D eigenvalue weighted by atomic mass is 9.60. The molecule has 170 valence electrons. The summed E-state index contributed by atoms with van der Waals surface area (Å²) in [6, 6.07) is 13.2. The van der Waals surface area contributed by atoms with Crippen molar-refractivity contribution in [1.82, 2.24) is 0 Å². The van der Waals surface area contributed by atoms with Crippen molar-refractivity contribution in [1.29, 1.82) is 0 Å². The average molecular weight is 451 g/mol. The van der Waals surface area contributed by atoms with Gasteiger partial charge in [0.1, 0.15) is 0 Å². The number of aromatic carboxylic acids is 2. The van der Waals surface area contributed by atoms with Gasteiger partial charge in [-0.1, -0.05) is 48.4 Å². The molecule has 2 aromatic carbocycles. The van der Waals surface area contributed by atoms with Crippen molar-refractivity contribution in [3.05, 3.63) is 93.6 Å². The summed E-state index contributed by atoms with van der Waals surface area (Å²) < 4.78 is 0. The van der Waals surface area contributed by atoms with Crippen molar-refractivity contribution in [3.8, 4) is 0 Å². The third-order valence-corrected chi connectivity index (χ3v) is 9.40. The fourth-order valence-corrected chi connectivity index (χ4v) is 8.30. The summed E-state index contributed by atoms with van der Waals surface area (Å²) >= 11 is 0. The zero-order valence-corrected chi connectivity index (χ0v) is 18.9. The van der Waals surface area contributed by atoms with Crippen LogP contribution in [0.2, 0.25) is 0 Å². The smallest absolute Gasteiger partial charge is 0.335 e. The number of allylic oxidation sites excluding steroid dienone is 6. The molecule has 2 N–H and O–H groups in total. The molecule has 4 nitrogen and oxygen atoms in total. The Morgan fingerprint density at radius 2 is 1.79 bits per heavy atom. The van der Waals surface area contributed by atoms with Crippen LogP contribution in [0, 0.1) is 17.8 Å². The summed E-state index contributed by atoms with van der Waals surface area (Å²) in [7, 11) is 0. The Labute approximate surface area is 198 Å². The second-order valence-corrected chi connectivity index (χ2v) is 10.6. The summed E-state index contributed by atoms with van der Waals surface area (Å²) in [5, 5.41) is 19.9. The van der Waals surface area contributed by atoms with Gasteiger partial charge in [-0.25, -0.2) is 9.59 Å². The summed E-state index contributed by atoms with van der Waals surface area (Å²) in [5.41, 5.74) is 8.74. The molecule has 0 aromatic heterocycles. The standard InChI is InChI=1S/C30H26O4/c31-28(32)16-11-12-23(29(33)34)26(13-16)30-15-17(18-7-4-10-24(18)30)14-25(30)22-9-3-8-21-19-5-1-2-6-20(19)27(21)22/h1-3,5-6,9,11-13,17-18,24H,4,7-8,10,14-15H2,(H,31,32)(H,33,34). The Bertz CT molecular complexity index is 1390. The third kappa shape index (κ3) is 2.38. The minimum absolute atomic E-state index is 0.178. The monoisotopic (exact) mass is 450 g/mol. The molecule has 0 heterocycles. The number of hydrogen-bond acceptors (Lipinski definition) is 2. The molecule has 0 radical (unpaired) electrons. The molecule has 2 bridgehead atoms. The molecule has 0 saturated heterocycles. The van der Waals surface area contributed by atoms with E-state index >= 15 is 0 Å². The maximum atomic E-state index is 12.4. The summed E-state index contributed by atoms with van der Waals surface area (Å²) in [6.45, 7) is 0. The van der Waals surface area contributed by atoms with Crippen LogP contribution in [-0.4, -0.2) is 22.2 Å². The van der Waals surface area contributed by atoms with Gasteiger partial charge in [-0.3, -0.25) is 0 Å². The maximum Gasteiger partial charge on any atom is 0.335 e. The quantitative estimate of drug-likeness (QED) is 0.572. The van der Waals surface area contributed by atoms with Gasteiger partial charge in [-0.15, -0.1) is 0 Å². The van der Waals surface area contributed by atoms with Crippen LogP contribution in [0.1, 0.15) is 75.9 Å². The van der Waals surface area contributed by atoms with Gasteiger partial charge in [0, 0.05) is 5.41 Å². The molecule has 3 fully saturated rings. The van der Waals surface area contributed by atoms with Gasteiger partial charge in [0.25, 0.3) is 0 Å². The van der Waals surface area contributed by atoms with Gasteiger partial charge in [0.05, 0.1) is 11.1 Å².